The molecule has 12 heteroatoms. The van der Waals surface area contributed by atoms with Crippen LogP contribution in [0.3, 0.4) is 0 Å². The first-order chi connectivity index (χ1) is 16.5. The second-order valence-corrected chi connectivity index (χ2v) is 7.72. The van der Waals surface area contributed by atoms with E-state index in [1.807, 2.05) is 0 Å². The van der Waals surface area contributed by atoms with Gasteiger partial charge in [0.15, 0.2) is 11.5 Å². The van der Waals surface area contributed by atoms with E-state index in [2.05, 4.69) is 25.2 Å². The molecule has 1 saturated heterocycles. The van der Waals surface area contributed by atoms with Crippen molar-refractivity contribution in [2.24, 2.45) is 7.05 Å². The Hall–Kier alpha value is -3.77. The van der Waals surface area contributed by atoms with Crippen LogP contribution in [0.2, 0.25) is 0 Å². The number of carbonyl (C=O) groups is 1. The summed E-state index contributed by atoms with van der Waals surface area (Å²) in [6, 6.07) is 1.57. The van der Waals surface area contributed by atoms with Crippen LogP contribution in [0.1, 0.15) is 16.9 Å². The van der Waals surface area contributed by atoms with Gasteiger partial charge < -0.3 is 19.9 Å². The van der Waals surface area contributed by atoms with E-state index in [0.29, 0.717) is 12.4 Å². The van der Waals surface area contributed by atoms with Crippen molar-refractivity contribution in [2.45, 2.75) is 6.42 Å². The summed E-state index contributed by atoms with van der Waals surface area (Å²) in [5.74, 6) is 0.0948. The normalized spacial score (nSPS) is 14.2. The molecule has 3 heterocycles. The predicted molar refractivity (Wildman–Crippen MR) is 125 cm³/mol. The summed E-state index contributed by atoms with van der Waals surface area (Å²) in [5, 5.41) is 2.77. The molecule has 4 rings (SSSR count). The summed E-state index contributed by atoms with van der Waals surface area (Å²) in [4.78, 5) is 40.2. The van der Waals surface area contributed by atoms with E-state index in [1.54, 1.807) is 6.07 Å². The van der Waals surface area contributed by atoms with Crippen molar-refractivity contribution in [3.05, 3.63) is 40.7 Å². The molecule has 0 radical (unpaired) electrons. The Balaban J connectivity index is 1.60. The topological polar surface area (TPSA) is 147 Å². The van der Waals surface area contributed by atoms with Gasteiger partial charge in [0.05, 0.1) is 44.2 Å². The van der Waals surface area contributed by atoms with Crippen LogP contribution in [-0.2, 0) is 11.8 Å². The first kappa shape index (κ1) is 23.4. The van der Waals surface area contributed by atoms with Gasteiger partial charge in [-0.05, 0) is 6.42 Å². The van der Waals surface area contributed by atoms with Gasteiger partial charge >= 0.3 is 0 Å². The van der Waals surface area contributed by atoms with Gasteiger partial charge in [-0.15, -0.1) is 0 Å². The molecule has 0 unspecified atom stereocenters. The number of nitrogens with one attached hydrogen (secondary N) is 1. The molecule has 180 valence electrons. The first-order valence-electron chi connectivity index (χ1n) is 10.9. The number of nitrogen functional groups attached to an aromatic ring is 1. The number of fused-ring (bicyclic) bond motifs is 1. The number of anilines is 2. The van der Waals surface area contributed by atoms with Crippen LogP contribution in [0.5, 0.6) is 11.5 Å². The summed E-state index contributed by atoms with van der Waals surface area (Å²) in [6.07, 6.45) is 4.96. The molecular formula is C22H27N7O5. The number of ether oxygens (including phenoxy) is 3. The van der Waals surface area contributed by atoms with Crippen LogP contribution < -0.4 is 26.1 Å². The number of amides is 1. The van der Waals surface area contributed by atoms with Crippen molar-refractivity contribution in [3.63, 3.8) is 0 Å². The number of methoxy groups -OCH3 is 1. The van der Waals surface area contributed by atoms with Crippen LogP contribution in [0, 0.1) is 0 Å². The smallest absolute Gasteiger partial charge is 0.278 e. The summed E-state index contributed by atoms with van der Waals surface area (Å²) in [6.45, 7) is 4.61. The highest BCUT2D eigenvalue weighted by atomic mass is 16.5. The zero-order chi connectivity index (χ0) is 24.1. The molecule has 0 saturated carbocycles. The highest BCUT2D eigenvalue weighted by Gasteiger charge is 2.21. The van der Waals surface area contributed by atoms with Gasteiger partial charge in [0.25, 0.3) is 11.5 Å². The first-order valence-corrected chi connectivity index (χ1v) is 10.9. The maximum Gasteiger partial charge on any atom is 0.278 e. The Morgan fingerprint density at radius 3 is 2.79 bits per heavy atom. The Kier molecular flexibility index (Phi) is 7.18. The lowest BCUT2D eigenvalue weighted by atomic mass is 10.1. The summed E-state index contributed by atoms with van der Waals surface area (Å²) < 4.78 is 18.1. The Labute approximate surface area is 195 Å². The third kappa shape index (κ3) is 4.92. The molecule has 34 heavy (non-hydrogen) atoms. The van der Waals surface area contributed by atoms with Crippen LogP contribution in [0.25, 0.3) is 10.9 Å². The monoisotopic (exact) mass is 469 g/mol. The maximum atomic E-state index is 13.1. The van der Waals surface area contributed by atoms with E-state index >= 15 is 0 Å². The highest BCUT2D eigenvalue weighted by Crippen LogP contribution is 2.37. The van der Waals surface area contributed by atoms with Crippen LogP contribution >= 0.6 is 0 Å². The Morgan fingerprint density at radius 2 is 2.09 bits per heavy atom. The minimum Gasteiger partial charge on any atom is -0.491 e. The van der Waals surface area contributed by atoms with E-state index in [-0.39, 0.29) is 34.0 Å². The zero-order valence-corrected chi connectivity index (χ0v) is 19.1. The van der Waals surface area contributed by atoms with Crippen molar-refractivity contribution in [1.29, 1.82) is 0 Å². The number of morpholine rings is 1. The van der Waals surface area contributed by atoms with E-state index in [9.17, 15) is 9.59 Å². The predicted octanol–water partition coefficient (Wildman–Crippen LogP) is 0.668. The van der Waals surface area contributed by atoms with E-state index < -0.39 is 11.5 Å². The summed E-state index contributed by atoms with van der Waals surface area (Å²) >= 11 is 0. The molecule has 3 aromatic rings. The molecule has 0 atom stereocenters. The van der Waals surface area contributed by atoms with Crippen LogP contribution in [-0.4, -0.2) is 76.9 Å². The lowest BCUT2D eigenvalue weighted by Gasteiger charge is -2.26. The number of benzene rings is 1. The molecule has 0 aliphatic carbocycles. The number of hydrogen-bond acceptors (Lipinski definition) is 10. The van der Waals surface area contributed by atoms with Crippen LogP contribution in [0.4, 0.5) is 11.6 Å². The lowest BCUT2D eigenvalue weighted by Crippen LogP contribution is -2.37. The van der Waals surface area contributed by atoms with Gasteiger partial charge in [0, 0.05) is 45.1 Å². The molecule has 3 N–H and O–H groups in total. The minimum absolute atomic E-state index is 0.00956. The van der Waals surface area contributed by atoms with E-state index in [4.69, 9.17) is 19.9 Å². The number of hydrogen-bond donors (Lipinski definition) is 2. The molecular weight excluding hydrogens is 442 g/mol. The molecule has 1 amide bonds. The standard InChI is InChI=1S/C22H27N7O5/c1-28-21(31)17-14(23)12-16(34-9-3-6-29-7-10-33-11-8-29)19(32-2)18(17)26-22(28)27-20(30)15-13-24-4-5-25-15/h4-5,12-13H,3,6-11,23H2,1-2H3,(H,26,27,30). The molecule has 1 aromatic carbocycles. The van der Waals surface area contributed by atoms with Gasteiger partial charge in [0.2, 0.25) is 5.95 Å². The van der Waals surface area contributed by atoms with Gasteiger partial charge in [-0.3, -0.25) is 29.4 Å². The van der Waals surface area contributed by atoms with Crippen molar-refractivity contribution >= 4 is 28.4 Å². The fourth-order valence-electron chi connectivity index (χ4n) is 3.72. The number of rotatable bonds is 8. The van der Waals surface area contributed by atoms with Gasteiger partial charge in [-0.25, -0.2) is 9.97 Å². The Bertz CT molecular complexity index is 1230. The number of nitrogens with two attached hydrogens (primary N) is 1. The van der Waals surface area contributed by atoms with E-state index in [1.165, 1.54) is 37.3 Å². The average molecular weight is 470 g/mol. The fraction of sp³-hybridized carbons (Fsp3) is 0.409. The highest BCUT2D eigenvalue weighted by molar-refractivity contribution is 6.03. The molecule has 2 aromatic heterocycles. The molecule has 12 nitrogen and oxygen atoms in total. The number of aromatic nitrogens is 4. The molecule has 1 fully saturated rings. The largest absolute Gasteiger partial charge is 0.491 e. The molecule has 0 bridgehead atoms. The minimum atomic E-state index is -0.558. The second-order valence-electron chi connectivity index (χ2n) is 7.72. The quantitative estimate of drug-likeness (QED) is 0.356. The fourth-order valence-corrected chi connectivity index (χ4v) is 3.72. The van der Waals surface area contributed by atoms with E-state index in [0.717, 1.165) is 39.3 Å². The molecule has 1 aliphatic rings. The SMILES string of the molecule is COc1c(OCCCN2CCOCC2)cc(N)c2c(=O)n(C)c(NC(=O)c3cnccn3)nc12. The third-order valence-corrected chi connectivity index (χ3v) is 5.51. The van der Waals surface area contributed by atoms with Crippen molar-refractivity contribution in [3.8, 4) is 11.5 Å². The second kappa shape index (κ2) is 10.4. The third-order valence-electron chi connectivity index (χ3n) is 5.51. The van der Waals surface area contributed by atoms with Gasteiger partial charge in [0.1, 0.15) is 11.2 Å². The van der Waals surface area contributed by atoms with Gasteiger partial charge in [-0.2, -0.15) is 0 Å². The lowest BCUT2D eigenvalue weighted by molar-refractivity contribution is 0.0357. The molecule has 0 spiro atoms. The van der Waals surface area contributed by atoms with Crippen molar-refractivity contribution in [2.75, 3.05) is 57.6 Å². The molecule has 1 aliphatic heterocycles. The van der Waals surface area contributed by atoms with Crippen molar-refractivity contribution < 1.29 is 19.0 Å². The summed E-state index contributed by atoms with van der Waals surface area (Å²) in [5.41, 5.74) is 6.25. The summed E-state index contributed by atoms with van der Waals surface area (Å²) in [7, 11) is 2.95. The van der Waals surface area contributed by atoms with Crippen LogP contribution in [0.15, 0.2) is 29.5 Å². The number of carbonyl (C=O) groups excluding carboxylic acids is 1. The zero-order valence-electron chi connectivity index (χ0n) is 19.1. The van der Waals surface area contributed by atoms with Crippen molar-refractivity contribution in [1.82, 2.24) is 24.4 Å². The number of nitrogens with zero attached hydrogens (tertiary/aromatic N) is 5. The maximum absolute atomic E-state index is 13.1. The Morgan fingerprint density at radius 1 is 1.29 bits per heavy atom. The average Bonchev–Trinajstić information content (AvgIpc) is 2.86. The van der Waals surface area contributed by atoms with Gasteiger partial charge in [-0.1, -0.05) is 0 Å².